The molecule has 0 unspecified atom stereocenters. The Morgan fingerprint density at radius 1 is 1.59 bits per heavy atom. The Hall–Kier alpha value is -2.34. The van der Waals surface area contributed by atoms with Crippen molar-refractivity contribution in [1.82, 2.24) is 5.32 Å². The van der Waals surface area contributed by atoms with Crippen LogP contribution < -0.4 is 5.32 Å². The van der Waals surface area contributed by atoms with E-state index in [2.05, 4.69) is 24.5 Å². The zero-order valence-corrected chi connectivity index (χ0v) is 9.79. The highest BCUT2D eigenvalue weighted by Gasteiger charge is 2.04. The van der Waals surface area contributed by atoms with E-state index < -0.39 is 0 Å². The highest BCUT2D eigenvalue weighted by molar-refractivity contribution is 5.95. The van der Waals surface area contributed by atoms with Gasteiger partial charge >= 0.3 is 0 Å². The SMILES string of the molecule is C=CC(=C)C(=O)NCc1ccc(C#N)cc1C. The molecule has 1 rings (SSSR count). The third-order valence-electron chi connectivity index (χ3n) is 2.45. The monoisotopic (exact) mass is 226 g/mol. The molecule has 0 bridgehead atoms. The van der Waals surface area contributed by atoms with Gasteiger partial charge in [-0.2, -0.15) is 5.26 Å². The summed E-state index contributed by atoms with van der Waals surface area (Å²) in [6, 6.07) is 7.44. The van der Waals surface area contributed by atoms with Crippen LogP contribution in [0.2, 0.25) is 0 Å². The summed E-state index contributed by atoms with van der Waals surface area (Å²) in [5, 5.41) is 11.5. The van der Waals surface area contributed by atoms with Crippen LogP contribution in [0.25, 0.3) is 0 Å². The first-order chi connectivity index (χ1) is 8.08. The van der Waals surface area contributed by atoms with Crippen molar-refractivity contribution in [2.45, 2.75) is 13.5 Å². The fourth-order valence-corrected chi connectivity index (χ4v) is 1.35. The minimum atomic E-state index is -0.233. The number of benzene rings is 1. The van der Waals surface area contributed by atoms with Crippen LogP contribution >= 0.6 is 0 Å². The van der Waals surface area contributed by atoms with Crippen molar-refractivity contribution in [2.24, 2.45) is 0 Å². The predicted octanol–water partition coefficient (Wildman–Crippen LogP) is 2.23. The number of hydrogen-bond donors (Lipinski definition) is 1. The van der Waals surface area contributed by atoms with Crippen molar-refractivity contribution >= 4 is 5.91 Å². The van der Waals surface area contributed by atoms with Gasteiger partial charge in [0.1, 0.15) is 0 Å². The van der Waals surface area contributed by atoms with Crippen LogP contribution in [0.1, 0.15) is 16.7 Å². The molecule has 86 valence electrons. The molecule has 0 spiro atoms. The van der Waals surface area contributed by atoms with Crippen molar-refractivity contribution in [2.75, 3.05) is 0 Å². The van der Waals surface area contributed by atoms with Crippen molar-refractivity contribution in [3.63, 3.8) is 0 Å². The van der Waals surface area contributed by atoms with Gasteiger partial charge in [0, 0.05) is 12.1 Å². The fourth-order valence-electron chi connectivity index (χ4n) is 1.35. The zero-order valence-electron chi connectivity index (χ0n) is 9.79. The Morgan fingerprint density at radius 3 is 2.82 bits per heavy atom. The van der Waals surface area contributed by atoms with Gasteiger partial charge in [-0.15, -0.1) is 0 Å². The minimum Gasteiger partial charge on any atom is -0.348 e. The van der Waals surface area contributed by atoms with Gasteiger partial charge in [0.25, 0.3) is 5.91 Å². The Kier molecular flexibility index (Phi) is 4.24. The molecule has 3 nitrogen and oxygen atoms in total. The zero-order chi connectivity index (χ0) is 12.8. The topological polar surface area (TPSA) is 52.9 Å². The van der Waals surface area contributed by atoms with Crippen molar-refractivity contribution in [1.29, 1.82) is 5.26 Å². The molecule has 1 N–H and O–H groups in total. The van der Waals surface area contributed by atoms with Crippen LogP contribution in [-0.4, -0.2) is 5.91 Å². The molecule has 0 aromatic heterocycles. The molecule has 0 aliphatic rings. The lowest BCUT2D eigenvalue weighted by Gasteiger charge is -2.08. The van der Waals surface area contributed by atoms with Crippen LogP contribution in [0, 0.1) is 18.3 Å². The number of amides is 1. The van der Waals surface area contributed by atoms with E-state index in [0.717, 1.165) is 11.1 Å². The molecular formula is C14H14N2O. The summed E-state index contributed by atoms with van der Waals surface area (Å²) in [4.78, 5) is 11.4. The van der Waals surface area contributed by atoms with Crippen LogP contribution in [0.3, 0.4) is 0 Å². The van der Waals surface area contributed by atoms with E-state index in [-0.39, 0.29) is 5.91 Å². The van der Waals surface area contributed by atoms with Gasteiger partial charge in [-0.1, -0.05) is 25.3 Å². The van der Waals surface area contributed by atoms with Gasteiger partial charge in [0.15, 0.2) is 0 Å². The van der Waals surface area contributed by atoms with E-state index in [0.29, 0.717) is 17.7 Å². The van der Waals surface area contributed by atoms with Gasteiger partial charge < -0.3 is 5.32 Å². The maximum absolute atomic E-state index is 11.4. The first-order valence-corrected chi connectivity index (χ1v) is 5.17. The maximum atomic E-state index is 11.4. The molecule has 0 aliphatic carbocycles. The number of carbonyl (C=O) groups excluding carboxylic acids is 1. The first kappa shape index (κ1) is 12.7. The highest BCUT2D eigenvalue weighted by atomic mass is 16.1. The lowest BCUT2D eigenvalue weighted by molar-refractivity contribution is -0.117. The standard InChI is InChI=1S/C14H14N2O/c1-4-10(2)14(17)16-9-13-6-5-12(8-15)7-11(13)3/h4-7H,1-2,9H2,3H3,(H,16,17). The van der Waals surface area contributed by atoms with Crippen LogP contribution in [-0.2, 0) is 11.3 Å². The second-order valence-corrected chi connectivity index (χ2v) is 3.67. The van der Waals surface area contributed by atoms with Gasteiger partial charge in [-0.3, -0.25) is 4.79 Å². The summed E-state index contributed by atoms with van der Waals surface area (Å²) < 4.78 is 0. The molecule has 0 atom stereocenters. The summed E-state index contributed by atoms with van der Waals surface area (Å²) >= 11 is 0. The third-order valence-corrected chi connectivity index (χ3v) is 2.45. The molecule has 0 saturated carbocycles. The molecule has 0 saturated heterocycles. The molecule has 0 aliphatic heterocycles. The van der Waals surface area contributed by atoms with E-state index in [1.807, 2.05) is 13.0 Å². The first-order valence-electron chi connectivity index (χ1n) is 5.17. The van der Waals surface area contributed by atoms with E-state index in [1.165, 1.54) is 6.08 Å². The number of nitrogens with one attached hydrogen (secondary N) is 1. The van der Waals surface area contributed by atoms with E-state index in [1.54, 1.807) is 12.1 Å². The number of hydrogen-bond acceptors (Lipinski definition) is 2. The highest BCUT2D eigenvalue weighted by Crippen LogP contribution is 2.10. The van der Waals surface area contributed by atoms with Crippen LogP contribution in [0.15, 0.2) is 43.0 Å². The molecule has 1 amide bonds. The van der Waals surface area contributed by atoms with Gasteiger partial charge in [0.05, 0.1) is 11.6 Å². The van der Waals surface area contributed by atoms with Gasteiger partial charge in [0.2, 0.25) is 0 Å². The number of carbonyl (C=O) groups is 1. The molecule has 0 fully saturated rings. The third kappa shape index (κ3) is 3.32. The molecular weight excluding hydrogens is 212 g/mol. The summed E-state index contributed by atoms with van der Waals surface area (Å²) in [5.74, 6) is -0.233. The van der Waals surface area contributed by atoms with Gasteiger partial charge in [-0.05, 0) is 30.2 Å². The molecule has 3 heteroatoms. The lowest BCUT2D eigenvalue weighted by Crippen LogP contribution is -2.23. The summed E-state index contributed by atoms with van der Waals surface area (Å²) in [5.41, 5.74) is 2.92. The maximum Gasteiger partial charge on any atom is 0.250 e. The predicted molar refractivity (Wildman–Crippen MR) is 67.1 cm³/mol. The van der Waals surface area contributed by atoms with Crippen molar-refractivity contribution in [3.8, 4) is 6.07 Å². The Bertz CT molecular complexity index is 509. The summed E-state index contributed by atoms with van der Waals surface area (Å²) in [7, 11) is 0. The lowest BCUT2D eigenvalue weighted by atomic mass is 10.1. The van der Waals surface area contributed by atoms with Crippen molar-refractivity contribution in [3.05, 3.63) is 59.7 Å². The quantitative estimate of drug-likeness (QED) is 0.632. The smallest absolute Gasteiger partial charge is 0.250 e. The van der Waals surface area contributed by atoms with E-state index in [4.69, 9.17) is 5.26 Å². The van der Waals surface area contributed by atoms with E-state index >= 15 is 0 Å². The largest absolute Gasteiger partial charge is 0.348 e. The number of rotatable bonds is 4. The normalized spacial score (nSPS) is 9.18. The molecule has 1 aromatic rings. The molecule has 17 heavy (non-hydrogen) atoms. The number of nitriles is 1. The molecule has 0 heterocycles. The average Bonchev–Trinajstić information content (AvgIpc) is 2.35. The summed E-state index contributed by atoms with van der Waals surface area (Å²) in [6.45, 7) is 9.37. The van der Waals surface area contributed by atoms with Crippen LogP contribution in [0.4, 0.5) is 0 Å². The molecule has 0 radical (unpaired) electrons. The minimum absolute atomic E-state index is 0.233. The Balaban J connectivity index is 2.71. The van der Waals surface area contributed by atoms with Crippen molar-refractivity contribution < 1.29 is 4.79 Å². The summed E-state index contributed by atoms with van der Waals surface area (Å²) in [6.07, 6.45) is 1.42. The van der Waals surface area contributed by atoms with Gasteiger partial charge in [-0.25, -0.2) is 0 Å². The second-order valence-electron chi connectivity index (χ2n) is 3.67. The van der Waals surface area contributed by atoms with Crippen LogP contribution in [0.5, 0.6) is 0 Å². The average molecular weight is 226 g/mol. The molecule has 1 aromatic carbocycles. The Labute approximate surface area is 101 Å². The Morgan fingerprint density at radius 2 is 2.29 bits per heavy atom. The van der Waals surface area contributed by atoms with E-state index in [9.17, 15) is 4.79 Å². The second kappa shape index (κ2) is 5.66. The fraction of sp³-hybridized carbons (Fsp3) is 0.143. The number of aryl methyl sites for hydroxylation is 1. The number of nitrogens with zero attached hydrogens (tertiary/aromatic N) is 1.